The second-order valence-electron chi connectivity index (χ2n) is 25.3. The third-order valence-electron chi connectivity index (χ3n) is 17.0. The fraction of sp³-hybridized carbons (Fsp3) is 0.769. The van der Waals surface area contributed by atoms with Gasteiger partial charge in [0, 0.05) is 6.42 Å². The number of rotatable bonds is 63. The Balaban J connectivity index is 2.53. The number of aliphatic hydroxyl groups excluding tert-OH is 5. The minimum absolute atomic E-state index is 0.120. The Hall–Kier alpha value is -3.42. The van der Waals surface area contributed by atoms with Crippen LogP contribution in [0.2, 0.25) is 0 Å². The van der Waals surface area contributed by atoms with Crippen LogP contribution in [-0.4, -0.2) is 99.6 Å². The van der Waals surface area contributed by atoms with Crippen LogP contribution in [0.25, 0.3) is 0 Å². The number of aliphatic hydroxyl groups is 5. The molecule has 0 bridgehead atoms. The van der Waals surface area contributed by atoms with Crippen molar-refractivity contribution in [3.05, 3.63) is 97.2 Å². The summed E-state index contributed by atoms with van der Waals surface area (Å²) in [6.45, 7) is 5.68. The molecule has 0 saturated carbocycles. The highest BCUT2D eigenvalue weighted by molar-refractivity contribution is 5.80. The maximum atomic E-state index is 13.5. The molecule has 0 radical (unpaired) electrons. The minimum Gasteiger partial charge on any atom is -0.454 e. The van der Waals surface area contributed by atoms with E-state index in [-0.39, 0.29) is 19.4 Å². The Bertz CT molecular complexity index is 1820. The number of hydrogen-bond acceptors (Lipinski definition) is 10. The molecule has 1 aliphatic heterocycles. The third-order valence-corrected chi connectivity index (χ3v) is 17.0. The molecule has 1 amide bonds. The van der Waals surface area contributed by atoms with Gasteiger partial charge in [-0.3, -0.25) is 9.59 Å². The Kier molecular flexibility index (Phi) is 60.7. The predicted molar refractivity (Wildman–Crippen MR) is 375 cm³/mol. The Morgan fingerprint density at radius 3 is 1.24 bits per heavy atom. The van der Waals surface area contributed by atoms with Crippen LogP contribution in [0.5, 0.6) is 0 Å². The highest BCUT2D eigenvalue weighted by Gasteiger charge is 2.47. The van der Waals surface area contributed by atoms with Gasteiger partial charge in [0.05, 0.1) is 25.4 Å². The van der Waals surface area contributed by atoms with Crippen LogP contribution in [0.1, 0.15) is 323 Å². The van der Waals surface area contributed by atoms with Gasteiger partial charge < -0.3 is 45.1 Å². The van der Waals surface area contributed by atoms with Gasteiger partial charge in [-0.1, -0.05) is 311 Å². The maximum absolute atomic E-state index is 13.5. The average molecular weight is 1250 g/mol. The van der Waals surface area contributed by atoms with Crippen LogP contribution in [0.15, 0.2) is 97.2 Å². The summed E-state index contributed by atoms with van der Waals surface area (Å²) in [4.78, 5) is 26.7. The number of carbonyl (C=O) groups is 2. The summed E-state index contributed by atoms with van der Waals surface area (Å²) in [6.07, 6.45) is 77.3. The normalized spacial score (nSPS) is 18.7. The lowest BCUT2D eigenvalue weighted by atomic mass is 9.99. The van der Waals surface area contributed by atoms with E-state index in [1.165, 1.54) is 173 Å². The standard InChI is InChI=1S/C78H137NO10/c1-4-7-10-13-16-19-22-24-26-28-30-32-34-35-36-38-39-41-43-45-47-50-53-56-59-62-65-71(82)77(86)79-69(70(81)64-61-58-55-52-49-21-18-15-12-9-6-3)68-87-78-76(75(85)74(84)72(67-80)88-78)89-73(83)66-63-60-57-54-51-48-46-44-42-40-37-33-31-29-27-25-23-20-17-14-11-8-5-2/h7,10,16-17,19-20,24-27,30,32,35-36,61,64,69-72,74-76,78,80-82,84-85H,4-6,8-9,11-15,18,21-23,28-29,31,33-34,37-60,62-63,65-68H2,1-3H3,(H,79,86)/b10-7-,19-16-,20-17-,26-24-,27-25-,32-30-,36-35-,64-61+. The number of esters is 1. The predicted octanol–water partition coefficient (Wildman–Crippen LogP) is 19.4. The molecular weight excluding hydrogens is 1110 g/mol. The first-order chi connectivity index (χ1) is 43.7. The maximum Gasteiger partial charge on any atom is 0.306 e. The molecule has 8 atom stereocenters. The number of hydrogen-bond donors (Lipinski definition) is 6. The van der Waals surface area contributed by atoms with Gasteiger partial charge in [0.2, 0.25) is 5.91 Å². The summed E-state index contributed by atoms with van der Waals surface area (Å²) in [5.41, 5.74) is 0. The van der Waals surface area contributed by atoms with Gasteiger partial charge in [-0.2, -0.15) is 0 Å². The second-order valence-corrected chi connectivity index (χ2v) is 25.3. The third kappa shape index (κ3) is 51.7. The number of amides is 1. The van der Waals surface area contributed by atoms with Crippen molar-refractivity contribution >= 4 is 11.9 Å². The lowest BCUT2D eigenvalue weighted by Gasteiger charge is -2.41. The number of carbonyl (C=O) groups excluding carboxylic acids is 2. The van der Waals surface area contributed by atoms with E-state index in [0.717, 1.165) is 103 Å². The summed E-state index contributed by atoms with van der Waals surface area (Å²) in [7, 11) is 0. The van der Waals surface area contributed by atoms with Crippen LogP contribution < -0.4 is 5.32 Å². The second kappa shape index (κ2) is 64.7. The first kappa shape index (κ1) is 83.6. The average Bonchev–Trinajstić information content (AvgIpc) is 2.45. The number of nitrogens with one attached hydrogen (secondary N) is 1. The van der Waals surface area contributed by atoms with Crippen LogP contribution >= 0.6 is 0 Å². The van der Waals surface area contributed by atoms with Crippen molar-refractivity contribution in [3.8, 4) is 0 Å². The molecule has 11 nitrogen and oxygen atoms in total. The Labute approximate surface area is 546 Å². The summed E-state index contributed by atoms with van der Waals surface area (Å²) >= 11 is 0. The molecule has 1 rings (SSSR count). The molecule has 11 heteroatoms. The van der Waals surface area contributed by atoms with Crippen LogP contribution in [0.4, 0.5) is 0 Å². The molecule has 1 fully saturated rings. The van der Waals surface area contributed by atoms with E-state index >= 15 is 0 Å². The number of allylic oxidation sites excluding steroid dienone is 15. The van der Waals surface area contributed by atoms with E-state index in [9.17, 15) is 35.1 Å². The molecule has 514 valence electrons. The molecule has 0 spiro atoms. The van der Waals surface area contributed by atoms with E-state index in [1.54, 1.807) is 6.08 Å². The van der Waals surface area contributed by atoms with Crippen LogP contribution in [-0.2, 0) is 23.8 Å². The summed E-state index contributed by atoms with van der Waals surface area (Å²) in [6, 6.07) is -1.03. The monoisotopic (exact) mass is 1250 g/mol. The van der Waals surface area contributed by atoms with Crippen LogP contribution in [0, 0.1) is 0 Å². The van der Waals surface area contributed by atoms with Gasteiger partial charge in [-0.05, 0) is 103 Å². The minimum atomic E-state index is -1.62. The van der Waals surface area contributed by atoms with Gasteiger partial charge in [0.25, 0.3) is 0 Å². The summed E-state index contributed by atoms with van der Waals surface area (Å²) in [5.74, 6) is -1.19. The van der Waals surface area contributed by atoms with Gasteiger partial charge in [0.15, 0.2) is 12.4 Å². The van der Waals surface area contributed by atoms with Crippen molar-refractivity contribution in [3.63, 3.8) is 0 Å². The SMILES string of the molecule is CC/C=C\C/C=C\C/C=C\C/C=C\C/C=C\CCCCCCCCCCCCC(O)C(=O)NC(COC1OC(CO)C(O)C(O)C1OC(=O)CCCCCCCCCCCCCCC/C=C\C/C=C\CCCCC)C(O)/C=C/CCCCCCCCCCC. The van der Waals surface area contributed by atoms with Gasteiger partial charge in [-0.15, -0.1) is 0 Å². The lowest BCUT2D eigenvalue weighted by molar-refractivity contribution is -0.305. The molecule has 0 aromatic rings. The molecule has 8 unspecified atom stereocenters. The topological polar surface area (TPSA) is 175 Å². The van der Waals surface area contributed by atoms with Crippen molar-refractivity contribution < 1.29 is 49.3 Å². The Morgan fingerprint density at radius 2 is 0.809 bits per heavy atom. The molecule has 0 aromatic carbocycles. The number of unbranched alkanes of at least 4 members (excludes halogenated alkanes) is 35. The highest BCUT2D eigenvalue weighted by Crippen LogP contribution is 2.26. The molecule has 1 saturated heterocycles. The van der Waals surface area contributed by atoms with E-state index < -0.39 is 67.4 Å². The lowest BCUT2D eigenvalue weighted by Crippen LogP contribution is -2.61. The summed E-state index contributed by atoms with van der Waals surface area (Å²) in [5, 5.41) is 57.3. The zero-order valence-corrected chi connectivity index (χ0v) is 57.3. The molecule has 6 N–H and O–H groups in total. The number of ether oxygens (including phenoxy) is 3. The van der Waals surface area contributed by atoms with E-state index in [4.69, 9.17) is 14.2 Å². The van der Waals surface area contributed by atoms with E-state index in [0.29, 0.717) is 12.8 Å². The quantitative estimate of drug-likeness (QED) is 0.0195. The van der Waals surface area contributed by atoms with E-state index in [2.05, 4.69) is 111 Å². The smallest absolute Gasteiger partial charge is 0.306 e. The molecule has 0 aromatic heterocycles. The first-order valence-electron chi connectivity index (χ1n) is 37.0. The Morgan fingerprint density at radius 1 is 0.449 bits per heavy atom. The van der Waals surface area contributed by atoms with Crippen LogP contribution in [0.3, 0.4) is 0 Å². The molecule has 1 aliphatic rings. The highest BCUT2D eigenvalue weighted by atomic mass is 16.7. The fourth-order valence-electron chi connectivity index (χ4n) is 11.2. The van der Waals surface area contributed by atoms with Gasteiger partial charge >= 0.3 is 5.97 Å². The molecule has 89 heavy (non-hydrogen) atoms. The van der Waals surface area contributed by atoms with Crippen molar-refractivity contribution in [2.75, 3.05) is 13.2 Å². The molecule has 1 heterocycles. The van der Waals surface area contributed by atoms with Crippen molar-refractivity contribution in [1.82, 2.24) is 5.32 Å². The fourth-order valence-corrected chi connectivity index (χ4v) is 11.2. The van der Waals surface area contributed by atoms with Crippen molar-refractivity contribution in [2.24, 2.45) is 0 Å². The van der Waals surface area contributed by atoms with Crippen molar-refractivity contribution in [1.29, 1.82) is 0 Å². The van der Waals surface area contributed by atoms with Gasteiger partial charge in [-0.25, -0.2) is 0 Å². The zero-order valence-electron chi connectivity index (χ0n) is 57.3. The van der Waals surface area contributed by atoms with E-state index in [1.807, 2.05) is 6.08 Å². The molecular formula is C78H137NO10. The molecule has 0 aliphatic carbocycles. The zero-order chi connectivity index (χ0) is 64.6. The largest absolute Gasteiger partial charge is 0.454 e. The van der Waals surface area contributed by atoms with Gasteiger partial charge in [0.1, 0.15) is 24.4 Å². The summed E-state index contributed by atoms with van der Waals surface area (Å²) < 4.78 is 17.7. The first-order valence-corrected chi connectivity index (χ1v) is 37.0. The van der Waals surface area contributed by atoms with Crippen molar-refractivity contribution in [2.45, 2.75) is 372 Å².